The summed E-state index contributed by atoms with van der Waals surface area (Å²) in [5.41, 5.74) is 0.447. The number of anilines is 1. The fourth-order valence-corrected chi connectivity index (χ4v) is 5.37. The van der Waals surface area contributed by atoms with Crippen LogP contribution in [0.3, 0.4) is 0 Å². The maximum atomic E-state index is 14.8. The molecule has 2 amide bonds. The molecule has 0 saturated carbocycles. The van der Waals surface area contributed by atoms with E-state index >= 15 is 0 Å². The maximum absolute atomic E-state index is 14.8. The third-order valence-electron chi connectivity index (χ3n) is 7.85. The number of H-pyrrole nitrogens is 1. The molecule has 1 aliphatic heterocycles. The predicted octanol–water partition coefficient (Wildman–Crippen LogP) is 4.88. The van der Waals surface area contributed by atoms with Crippen LogP contribution in [0.2, 0.25) is 0 Å². The first kappa shape index (κ1) is 30.3. The van der Waals surface area contributed by atoms with Crippen molar-refractivity contribution in [1.29, 1.82) is 0 Å². The lowest BCUT2D eigenvalue weighted by atomic mass is 9.92. The SMILES string of the molecule is CC(=O)c1ccc(NC(=O)[C@H]([C@@H](C)c2ccccc2)n2c(O)c(-c3ccc(OCC(=O)N4CCCC4)cc3)[nH]c2=O)c(F)c1. The number of hydrogen-bond acceptors (Lipinski definition) is 6. The lowest BCUT2D eigenvalue weighted by Gasteiger charge is -2.25. The lowest BCUT2D eigenvalue weighted by molar-refractivity contribution is -0.132. The van der Waals surface area contributed by atoms with E-state index < -0.39 is 35.3 Å². The standard InChI is InChI=1S/C33H33FN4O6/c1-20(22-8-4-3-5-9-22)30(31(41)35-27-15-12-24(21(2)39)18-26(27)34)38-32(42)29(36-33(38)43)23-10-13-25(14-11-23)44-19-28(40)37-16-6-7-17-37/h3-5,8-15,18,20,30,42H,6-7,16-17,19H2,1-2H3,(H,35,41)(H,36,43)/t20-,30-/m0/s1. The molecule has 0 spiro atoms. The van der Waals surface area contributed by atoms with Gasteiger partial charge in [-0.25, -0.2) is 13.8 Å². The van der Waals surface area contributed by atoms with Crippen LogP contribution in [-0.4, -0.2) is 56.9 Å². The van der Waals surface area contributed by atoms with Gasteiger partial charge in [-0.15, -0.1) is 0 Å². The smallest absolute Gasteiger partial charge is 0.329 e. The van der Waals surface area contributed by atoms with Crippen LogP contribution in [0, 0.1) is 5.82 Å². The summed E-state index contributed by atoms with van der Waals surface area (Å²) in [6.45, 7) is 4.40. The van der Waals surface area contributed by atoms with E-state index in [9.17, 15) is 28.7 Å². The summed E-state index contributed by atoms with van der Waals surface area (Å²) in [4.78, 5) is 55.4. The zero-order valence-corrected chi connectivity index (χ0v) is 24.4. The second kappa shape index (κ2) is 13.0. The number of aromatic amines is 1. The summed E-state index contributed by atoms with van der Waals surface area (Å²) < 4.78 is 21.4. The number of rotatable bonds is 10. The second-order valence-corrected chi connectivity index (χ2v) is 10.8. The van der Waals surface area contributed by atoms with Crippen molar-refractivity contribution in [3.63, 3.8) is 0 Å². The van der Waals surface area contributed by atoms with E-state index in [4.69, 9.17) is 4.74 Å². The van der Waals surface area contributed by atoms with Crippen LogP contribution >= 0.6 is 0 Å². The van der Waals surface area contributed by atoms with Gasteiger partial charge >= 0.3 is 5.69 Å². The molecule has 228 valence electrons. The molecule has 0 unspecified atom stereocenters. The number of nitrogens with one attached hydrogen (secondary N) is 2. The first-order valence-electron chi connectivity index (χ1n) is 14.3. The van der Waals surface area contributed by atoms with Crippen LogP contribution in [0.25, 0.3) is 11.3 Å². The fraction of sp³-hybridized carbons (Fsp3) is 0.273. The molecule has 2 heterocycles. The summed E-state index contributed by atoms with van der Waals surface area (Å²) in [5, 5.41) is 13.8. The number of carbonyl (C=O) groups excluding carboxylic acids is 3. The van der Waals surface area contributed by atoms with Gasteiger partial charge in [-0.2, -0.15) is 0 Å². The van der Waals surface area contributed by atoms with Gasteiger partial charge in [0.2, 0.25) is 11.8 Å². The number of carbonyl (C=O) groups is 3. The van der Waals surface area contributed by atoms with Gasteiger partial charge in [-0.3, -0.25) is 14.4 Å². The Morgan fingerprint density at radius 3 is 2.34 bits per heavy atom. The number of aromatic nitrogens is 2. The van der Waals surface area contributed by atoms with E-state index in [1.54, 1.807) is 60.4 Å². The number of likely N-dealkylation sites (tertiary alicyclic amines) is 1. The first-order chi connectivity index (χ1) is 21.1. The Bertz CT molecular complexity index is 1730. The van der Waals surface area contributed by atoms with Gasteiger partial charge in [0.1, 0.15) is 23.3 Å². The van der Waals surface area contributed by atoms with E-state index in [-0.39, 0.29) is 35.2 Å². The lowest BCUT2D eigenvalue weighted by Crippen LogP contribution is -2.35. The summed E-state index contributed by atoms with van der Waals surface area (Å²) in [6.07, 6.45) is 1.97. The quantitative estimate of drug-likeness (QED) is 0.222. The number of ketones is 1. The van der Waals surface area contributed by atoms with Crippen LogP contribution in [0.1, 0.15) is 54.6 Å². The van der Waals surface area contributed by atoms with Crippen molar-refractivity contribution in [2.75, 3.05) is 25.0 Å². The Morgan fingerprint density at radius 2 is 1.70 bits per heavy atom. The zero-order chi connectivity index (χ0) is 31.4. The molecule has 44 heavy (non-hydrogen) atoms. The van der Waals surface area contributed by atoms with Crippen LogP contribution in [0.5, 0.6) is 11.6 Å². The van der Waals surface area contributed by atoms with E-state index in [0.29, 0.717) is 16.9 Å². The molecule has 3 N–H and O–H groups in total. The average Bonchev–Trinajstić information content (AvgIpc) is 3.66. The van der Waals surface area contributed by atoms with Crippen molar-refractivity contribution in [3.05, 3.63) is 100 Å². The van der Waals surface area contributed by atoms with Crippen LogP contribution in [-0.2, 0) is 9.59 Å². The largest absolute Gasteiger partial charge is 0.493 e. The highest BCUT2D eigenvalue weighted by atomic mass is 19.1. The minimum Gasteiger partial charge on any atom is -0.493 e. The van der Waals surface area contributed by atoms with Crippen molar-refractivity contribution in [3.8, 4) is 22.9 Å². The number of nitrogens with zero attached hydrogens (tertiary/aromatic N) is 2. The predicted molar refractivity (Wildman–Crippen MR) is 162 cm³/mol. The molecule has 3 aromatic carbocycles. The number of Topliss-reactive ketones (excluding diaryl/α,β-unsaturated/α-hetero) is 1. The number of ether oxygens (including phenoxy) is 1. The molecule has 0 radical (unpaired) electrons. The van der Waals surface area contributed by atoms with E-state index in [0.717, 1.165) is 36.6 Å². The van der Waals surface area contributed by atoms with E-state index in [2.05, 4.69) is 10.3 Å². The number of imidazole rings is 1. The Labute approximate surface area is 253 Å². The van der Waals surface area contributed by atoms with Crippen LogP contribution in [0.4, 0.5) is 10.1 Å². The van der Waals surface area contributed by atoms with Gasteiger partial charge in [0.15, 0.2) is 12.4 Å². The summed E-state index contributed by atoms with van der Waals surface area (Å²) in [5.74, 6) is -2.65. The van der Waals surface area contributed by atoms with Crippen molar-refractivity contribution in [2.24, 2.45) is 0 Å². The molecule has 0 aliphatic carbocycles. The maximum Gasteiger partial charge on any atom is 0.329 e. The topological polar surface area (TPSA) is 134 Å². The third kappa shape index (κ3) is 6.41. The Balaban J connectivity index is 1.43. The molecule has 1 aliphatic rings. The van der Waals surface area contributed by atoms with Gasteiger partial charge in [0, 0.05) is 30.1 Å². The molecule has 11 heteroatoms. The van der Waals surface area contributed by atoms with Crippen LogP contribution < -0.4 is 15.7 Å². The number of aromatic hydroxyl groups is 1. The molecule has 1 fully saturated rings. The highest BCUT2D eigenvalue weighted by Gasteiger charge is 2.34. The molecule has 4 aromatic rings. The minimum absolute atomic E-state index is 0.0738. The van der Waals surface area contributed by atoms with Crippen molar-refractivity contribution < 1.29 is 28.6 Å². The summed E-state index contributed by atoms with van der Waals surface area (Å²) in [6, 6.07) is 17.8. The number of hydrogen-bond donors (Lipinski definition) is 3. The fourth-order valence-electron chi connectivity index (χ4n) is 5.37. The van der Waals surface area contributed by atoms with Gasteiger partial charge in [0.05, 0.1) is 5.69 Å². The number of halogens is 1. The van der Waals surface area contributed by atoms with E-state index in [1.807, 2.05) is 6.07 Å². The van der Waals surface area contributed by atoms with Crippen molar-refractivity contribution >= 4 is 23.3 Å². The second-order valence-electron chi connectivity index (χ2n) is 10.8. The molecule has 10 nitrogen and oxygen atoms in total. The monoisotopic (exact) mass is 600 g/mol. The Morgan fingerprint density at radius 1 is 1.02 bits per heavy atom. The van der Waals surface area contributed by atoms with Gasteiger partial charge in [0.25, 0.3) is 5.91 Å². The Hall–Kier alpha value is -5.19. The first-order valence-corrected chi connectivity index (χ1v) is 14.3. The summed E-state index contributed by atoms with van der Waals surface area (Å²) in [7, 11) is 0. The molecule has 0 bridgehead atoms. The molecule has 2 atom stereocenters. The summed E-state index contributed by atoms with van der Waals surface area (Å²) >= 11 is 0. The highest BCUT2D eigenvalue weighted by molar-refractivity contribution is 5.97. The van der Waals surface area contributed by atoms with Gasteiger partial charge in [-0.05, 0) is 67.8 Å². The van der Waals surface area contributed by atoms with Crippen LogP contribution in [0.15, 0.2) is 77.6 Å². The van der Waals surface area contributed by atoms with Crippen molar-refractivity contribution in [2.45, 2.75) is 38.6 Å². The molecular weight excluding hydrogens is 567 g/mol. The third-order valence-corrected chi connectivity index (χ3v) is 7.85. The minimum atomic E-state index is -1.29. The van der Waals surface area contributed by atoms with E-state index in [1.165, 1.54) is 19.1 Å². The molecule has 5 rings (SSSR count). The number of benzene rings is 3. The number of amides is 2. The zero-order valence-electron chi connectivity index (χ0n) is 24.4. The average molecular weight is 601 g/mol. The van der Waals surface area contributed by atoms with Gasteiger partial charge in [-0.1, -0.05) is 37.3 Å². The normalized spacial score (nSPS) is 14.2. The van der Waals surface area contributed by atoms with Crippen molar-refractivity contribution in [1.82, 2.24) is 14.5 Å². The molecular formula is C33H33FN4O6. The Kier molecular flexibility index (Phi) is 8.94. The highest BCUT2D eigenvalue weighted by Crippen LogP contribution is 2.36. The molecule has 1 aromatic heterocycles. The molecule has 1 saturated heterocycles. The van der Waals surface area contributed by atoms with Gasteiger partial charge < -0.3 is 25.0 Å².